The molecule has 2 aromatic heterocycles. The Morgan fingerprint density at radius 2 is 1.97 bits per heavy atom. The first-order valence-corrected chi connectivity index (χ1v) is 13.5. The summed E-state index contributed by atoms with van der Waals surface area (Å²) in [4.78, 5) is 4.63. The topological polar surface area (TPSA) is 83.2 Å². The van der Waals surface area contributed by atoms with Crippen LogP contribution in [0.25, 0.3) is 32.6 Å². The van der Waals surface area contributed by atoms with Crippen LogP contribution in [-0.4, -0.2) is 34.0 Å². The lowest BCUT2D eigenvalue weighted by Gasteiger charge is -2.64. The molecule has 1 saturated heterocycles. The molecule has 3 heterocycles. The number of aromatic nitrogens is 3. The second-order valence-electron chi connectivity index (χ2n) is 11.4. The van der Waals surface area contributed by atoms with Gasteiger partial charge in [-0.1, -0.05) is 31.5 Å². The lowest BCUT2D eigenvalue weighted by molar-refractivity contribution is -0.199. The number of nitrogen functional groups attached to an aromatic ring is 1. The van der Waals surface area contributed by atoms with E-state index in [2.05, 4.69) is 67.1 Å². The molecule has 8 heteroatoms. The van der Waals surface area contributed by atoms with E-state index in [1.807, 2.05) is 17.6 Å². The molecule has 0 spiro atoms. The first-order chi connectivity index (χ1) is 17.3. The van der Waals surface area contributed by atoms with E-state index in [0.717, 1.165) is 56.0 Å². The molecule has 1 unspecified atom stereocenters. The van der Waals surface area contributed by atoms with E-state index in [4.69, 9.17) is 15.0 Å². The molecule has 8 rings (SSSR count). The van der Waals surface area contributed by atoms with Gasteiger partial charge in [-0.3, -0.25) is 0 Å². The number of rotatable bonds is 3. The van der Waals surface area contributed by atoms with Gasteiger partial charge < -0.3 is 15.0 Å². The number of thiazole rings is 1. The van der Waals surface area contributed by atoms with E-state index in [1.165, 1.54) is 6.42 Å². The number of aryl methyl sites for hydroxylation is 1. The SMILES string of the molecule is Cc1cc(-c2nccs2)c(-c2ccc3c(N)cnnc3c2)cc1B1OC2C[C@@H]3C[C@@H](C3(C)C)[C@]2(C)O1. The summed E-state index contributed by atoms with van der Waals surface area (Å²) >= 11 is 1.64. The molecule has 182 valence electrons. The molecule has 3 saturated carbocycles. The third kappa shape index (κ3) is 3.07. The molecule has 0 amide bonds. The summed E-state index contributed by atoms with van der Waals surface area (Å²) in [5.74, 6) is 1.25. The molecule has 3 aliphatic carbocycles. The molecule has 4 aliphatic rings. The fourth-order valence-corrected chi connectivity index (χ4v) is 7.67. The van der Waals surface area contributed by atoms with Crippen LogP contribution in [0.1, 0.15) is 39.2 Å². The summed E-state index contributed by atoms with van der Waals surface area (Å²) in [6.07, 6.45) is 5.89. The van der Waals surface area contributed by atoms with E-state index in [9.17, 15) is 0 Å². The summed E-state index contributed by atoms with van der Waals surface area (Å²) in [7, 11) is -0.380. The van der Waals surface area contributed by atoms with Crippen molar-refractivity contribution in [3.05, 3.63) is 53.7 Å². The number of nitrogens with zero attached hydrogens (tertiary/aromatic N) is 3. The minimum absolute atomic E-state index is 0.139. The lowest BCUT2D eigenvalue weighted by atomic mass is 9.43. The number of hydrogen-bond acceptors (Lipinski definition) is 7. The number of nitrogens with two attached hydrogens (primary N) is 1. The minimum atomic E-state index is -0.380. The Labute approximate surface area is 215 Å². The van der Waals surface area contributed by atoms with E-state index in [1.54, 1.807) is 17.5 Å². The van der Waals surface area contributed by atoms with Crippen molar-refractivity contribution < 1.29 is 9.31 Å². The van der Waals surface area contributed by atoms with Gasteiger partial charge >= 0.3 is 7.12 Å². The average molecular weight is 496 g/mol. The highest BCUT2D eigenvalue weighted by molar-refractivity contribution is 7.13. The van der Waals surface area contributed by atoms with Crippen molar-refractivity contribution in [3.8, 4) is 21.7 Å². The number of hydrogen-bond donors (Lipinski definition) is 1. The zero-order valence-corrected chi connectivity index (χ0v) is 21.8. The quantitative estimate of drug-likeness (QED) is 0.391. The van der Waals surface area contributed by atoms with Crippen LogP contribution in [0.2, 0.25) is 0 Å². The van der Waals surface area contributed by atoms with Crippen molar-refractivity contribution in [3.63, 3.8) is 0 Å². The Bertz CT molecular complexity index is 1510. The summed E-state index contributed by atoms with van der Waals surface area (Å²) in [6, 6.07) is 10.6. The highest BCUT2D eigenvalue weighted by Crippen LogP contribution is 2.65. The summed E-state index contributed by atoms with van der Waals surface area (Å²) in [6.45, 7) is 9.20. The van der Waals surface area contributed by atoms with Crippen LogP contribution in [0, 0.1) is 24.2 Å². The molecule has 4 aromatic rings. The van der Waals surface area contributed by atoms with Gasteiger partial charge in [0.1, 0.15) is 5.01 Å². The van der Waals surface area contributed by atoms with Gasteiger partial charge in [-0.05, 0) is 78.7 Å². The summed E-state index contributed by atoms with van der Waals surface area (Å²) < 4.78 is 13.5. The predicted octanol–water partition coefficient (Wildman–Crippen LogP) is 5.25. The van der Waals surface area contributed by atoms with Crippen LogP contribution < -0.4 is 11.2 Å². The average Bonchev–Trinajstić information content (AvgIpc) is 3.51. The number of benzene rings is 2. The lowest BCUT2D eigenvalue weighted by Crippen LogP contribution is -2.65. The first-order valence-electron chi connectivity index (χ1n) is 12.6. The fourth-order valence-electron chi connectivity index (χ4n) is 7.00. The van der Waals surface area contributed by atoms with E-state index in [-0.39, 0.29) is 18.8 Å². The smallest absolute Gasteiger partial charge is 0.401 e. The van der Waals surface area contributed by atoms with Gasteiger partial charge in [0.25, 0.3) is 0 Å². The van der Waals surface area contributed by atoms with E-state index < -0.39 is 0 Å². The van der Waals surface area contributed by atoms with Crippen LogP contribution in [0.5, 0.6) is 0 Å². The predicted molar refractivity (Wildman–Crippen MR) is 145 cm³/mol. The third-order valence-corrected chi connectivity index (χ3v) is 10.1. The Morgan fingerprint density at radius 3 is 2.75 bits per heavy atom. The zero-order chi connectivity index (χ0) is 24.8. The monoisotopic (exact) mass is 496 g/mol. The van der Waals surface area contributed by atoms with Crippen molar-refractivity contribution >= 4 is 40.5 Å². The van der Waals surface area contributed by atoms with Crippen molar-refractivity contribution in [1.29, 1.82) is 0 Å². The molecule has 4 fully saturated rings. The summed E-state index contributed by atoms with van der Waals surface area (Å²) in [5, 5.41) is 12.3. The Balaban J connectivity index is 1.34. The van der Waals surface area contributed by atoms with Crippen molar-refractivity contribution in [2.45, 2.75) is 52.2 Å². The van der Waals surface area contributed by atoms with Crippen molar-refractivity contribution in [1.82, 2.24) is 15.2 Å². The van der Waals surface area contributed by atoms with Gasteiger partial charge in [0.2, 0.25) is 0 Å². The number of anilines is 1. The maximum atomic E-state index is 6.84. The standard InChI is InChI=1S/C28H29BN4O2S/c1-15-9-20(26-31-7-8-36-26)19(16-5-6-18-22(30)14-32-33-23(18)10-16)13-21(15)29-34-25-12-17-11-24(27(17,2)3)28(25,4)35-29/h5-10,13-14,17,24-25H,11-12H2,1-4H3,(H2,30,33)/t17-,24-,25?,28-/m0/s1. The minimum Gasteiger partial charge on any atom is -0.401 e. The molecule has 2 aromatic carbocycles. The summed E-state index contributed by atoms with van der Waals surface area (Å²) in [5.41, 5.74) is 13.0. The van der Waals surface area contributed by atoms with Crippen LogP contribution in [0.3, 0.4) is 0 Å². The van der Waals surface area contributed by atoms with E-state index in [0.29, 0.717) is 17.0 Å². The van der Waals surface area contributed by atoms with Gasteiger partial charge in [0.05, 0.1) is 29.1 Å². The highest BCUT2D eigenvalue weighted by Gasteiger charge is 2.68. The van der Waals surface area contributed by atoms with Crippen LogP contribution in [-0.2, 0) is 9.31 Å². The van der Waals surface area contributed by atoms with Crippen molar-refractivity contribution in [2.24, 2.45) is 17.3 Å². The second kappa shape index (κ2) is 7.60. The zero-order valence-electron chi connectivity index (χ0n) is 21.0. The maximum absolute atomic E-state index is 6.84. The number of fused-ring (bicyclic) bond motifs is 1. The second-order valence-corrected chi connectivity index (χ2v) is 12.3. The highest BCUT2D eigenvalue weighted by atomic mass is 32.1. The first kappa shape index (κ1) is 22.4. The van der Waals surface area contributed by atoms with Gasteiger partial charge in [-0.2, -0.15) is 10.2 Å². The third-order valence-electron chi connectivity index (χ3n) is 9.25. The molecular weight excluding hydrogens is 467 g/mol. The van der Waals surface area contributed by atoms with E-state index >= 15 is 0 Å². The molecule has 2 bridgehead atoms. The van der Waals surface area contributed by atoms with Crippen LogP contribution >= 0.6 is 11.3 Å². The molecule has 2 N–H and O–H groups in total. The van der Waals surface area contributed by atoms with Crippen LogP contribution in [0.4, 0.5) is 5.69 Å². The molecular formula is C28H29BN4O2S. The largest absolute Gasteiger partial charge is 0.494 e. The Kier molecular flexibility index (Phi) is 4.73. The molecule has 0 radical (unpaired) electrons. The van der Waals surface area contributed by atoms with Gasteiger partial charge in [0.15, 0.2) is 0 Å². The molecule has 1 aliphatic heterocycles. The normalized spacial score (nSPS) is 28.2. The van der Waals surface area contributed by atoms with Gasteiger partial charge in [-0.15, -0.1) is 11.3 Å². The van der Waals surface area contributed by atoms with Gasteiger partial charge in [-0.25, -0.2) is 4.98 Å². The Hall–Kier alpha value is -2.81. The maximum Gasteiger partial charge on any atom is 0.494 e. The molecule has 6 nitrogen and oxygen atoms in total. The van der Waals surface area contributed by atoms with Gasteiger partial charge in [0, 0.05) is 22.5 Å². The van der Waals surface area contributed by atoms with Crippen molar-refractivity contribution in [2.75, 3.05) is 5.73 Å². The Morgan fingerprint density at radius 1 is 1.11 bits per heavy atom. The fraction of sp³-hybridized carbons (Fsp3) is 0.393. The molecule has 36 heavy (non-hydrogen) atoms. The van der Waals surface area contributed by atoms with Crippen LogP contribution in [0.15, 0.2) is 48.1 Å². The molecule has 4 atom stereocenters.